The second-order valence-corrected chi connectivity index (χ2v) is 8.83. The molecule has 1 fully saturated rings. The van der Waals surface area contributed by atoms with Gasteiger partial charge in [0.05, 0.1) is 0 Å². The van der Waals surface area contributed by atoms with Gasteiger partial charge in [0, 0.05) is 30.9 Å². The second kappa shape index (κ2) is 9.30. The minimum absolute atomic E-state index is 0.203. The number of benzene rings is 1. The van der Waals surface area contributed by atoms with Crippen LogP contribution in [0.15, 0.2) is 58.7 Å². The van der Waals surface area contributed by atoms with E-state index >= 15 is 0 Å². The molecular weight excluding hydrogens is 372 g/mol. The van der Waals surface area contributed by atoms with Gasteiger partial charge < -0.3 is 0 Å². The summed E-state index contributed by atoms with van der Waals surface area (Å²) in [5.74, 6) is 0.869. The normalized spacial score (nSPS) is 19.1. The molecule has 6 nitrogen and oxygen atoms in total. The van der Waals surface area contributed by atoms with Gasteiger partial charge in [0.25, 0.3) is 0 Å². The Labute approximate surface area is 167 Å². The van der Waals surface area contributed by atoms with E-state index in [2.05, 4.69) is 39.8 Å². The van der Waals surface area contributed by atoms with E-state index in [0.29, 0.717) is 24.8 Å². The zero-order valence-electron chi connectivity index (χ0n) is 16.5. The minimum Gasteiger partial charge on any atom is -0.261 e. The Hall–Kier alpha value is -2.25. The highest BCUT2D eigenvalue weighted by Gasteiger charge is 2.23. The third kappa shape index (κ3) is 4.59. The van der Waals surface area contributed by atoms with Crippen molar-refractivity contribution in [2.24, 2.45) is 5.10 Å². The average molecular weight is 401 g/mol. The van der Waals surface area contributed by atoms with Gasteiger partial charge in [-0.25, -0.2) is 13.4 Å². The number of pyridine rings is 1. The smallest absolute Gasteiger partial charge is 0.244 e. The Bertz CT molecular complexity index is 892. The molecule has 0 spiro atoms. The lowest BCUT2D eigenvalue weighted by atomic mass is 9.82. The lowest BCUT2D eigenvalue weighted by Crippen LogP contribution is -2.30. The fourth-order valence-corrected chi connectivity index (χ4v) is 5.02. The van der Waals surface area contributed by atoms with Gasteiger partial charge in [-0.2, -0.15) is 9.41 Å². The number of sulfonamides is 1. The standard InChI is InChI=1S/C21H28N4O2S/c1-3-25(4-2)28(26,27)18-14-15-21(22-16-18)24-23-20-13-9-8-12-19(20)17-10-6-5-7-11-17/h5-7,10-11,14-16,19H,3-4,8-9,12-13H2,1-2H3,(H,22,24)/t19-/m0/s1. The molecule has 1 aliphatic carbocycles. The van der Waals surface area contributed by atoms with Crippen LogP contribution in [0.2, 0.25) is 0 Å². The molecule has 0 amide bonds. The van der Waals surface area contributed by atoms with Crippen molar-refractivity contribution in [2.45, 2.75) is 50.3 Å². The van der Waals surface area contributed by atoms with Crippen LogP contribution in [-0.2, 0) is 10.0 Å². The monoisotopic (exact) mass is 400 g/mol. The first-order valence-electron chi connectivity index (χ1n) is 9.89. The third-order valence-corrected chi connectivity index (χ3v) is 7.21. The quantitative estimate of drug-likeness (QED) is 0.706. The molecule has 7 heteroatoms. The van der Waals surface area contributed by atoms with E-state index in [-0.39, 0.29) is 4.90 Å². The van der Waals surface area contributed by atoms with E-state index < -0.39 is 10.0 Å². The number of rotatable bonds is 7. The van der Waals surface area contributed by atoms with Crippen molar-refractivity contribution < 1.29 is 8.42 Å². The molecule has 1 aliphatic rings. The number of hydrogen-bond donors (Lipinski definition) is 1. The molecule has 1 aromatic carbocycles. The zero-order chi connectivity index (χ0) is 20.0. The van der Waals surface area contributed by atoms with Crippen LogP contribution in [0.5, 0.6) is 0 Å². The summed E-state index contributed by atoms with van der Waals surface area (Å²) < 4.78 is 26.5. The first-order chi connectivity index (χ1) is 13.6. The molecule has 0 radical (unpaired) electrons. The highest BCUT2D eigenvalue weighted by molar-refractivity contribution is 7.89. The van der Waals surface area contributed by atoms with Crippen LogP contribution in [0.4, 0.5) is 5.82 Å². The fraction of sp³-hybridized carbons (Fsp3) is 0.429. The lowest BCUT2D eigenvalue weighted by molar-refractivity contribution is 0.445. The van der Waals surface area contributed by atoms with Crippen LogP contribution in [0.25, 0.3) is 0 Å². The molecule has 1 atom stereocenters. The predicted molar refractivity (Wildman–Crippen MR) is 113 cm³/mol. The van der Waals surface area contributed by atoms with Gasteiger partial charge in [0.1, 0.15) is 10.7 Å². The summed E-state index contributed by atoms with van der Waals surface area (Å²) in [5.41, 5.74) is 5.43. The van der Waals surface area contributed by atoms with Crippen LogP contribution in [0.3, 0.4) is 0 Å². The largest absolute Gasteiger partial charge is 0.261 e. The van der Waals surface area contributed by atoms with Crippen molar-refractivity contribution >= 4 is 21.6 Å². The zero-order valence-corrected chi connectivity index (χ0v) is 17.3. The maximum Gasteiger partial charge on any atom is 0.244 e. The summed E-state index contributed by atoms with van der Waals surface area (Å²) in [6.07, 6.45) is 5.79. The van der Waals surface area contributed by atoms with Gasteiger partial charge >= 0.3 is 0 Å². The van der Waals surface area contributed by atoms with Gasteiger partial charge in [-0.05, 0) is 37.0 Å². The topological polar surface area (TPSA) is 74.7 Å². The molecule has 28 heavy (non-hydrogen) atoms. The van der Waals surface area contributed by atoms with Gasteiger partial charge in [-0.1, -0.05) is 50.6 Å². The molecular formula is C21H28N4O2S. The Morgan fingerprint density at radius 3 is 2.50 bits per heavy atom. The van der Waals surface area contributed by atoms with Crippen molar-refractivity contribution in [1.82, 2.24) is 9.29 Å². The lowest BCUT2D eigenvalue weighted by Gasteiger charge is -2.24. The molecule has 3 rings (SSSR count). The molecule has 1 aromatic heterocycles. The Balaban J connectivity index is 1.75. The minimum atomic E-state index is -3.49. The molecule has 0 bridgehead atoms. The van der Waals surface area contributed by atoms with Crippen LogP contribution >= 0.6 is 0 Å². The van der Waals surface area contributed by atoms with Crippen LogP contribution in [0.1, 0.15) is 51.0 Å². The van der Waals surface area contributed by atoms with Crippen LogP contribution in [-0.4, -0.2) is 36.5 Å². The average Bonchev–Trinajstić information content (AvgIpc) is 2.74. The Morgan fingerprint density at radius 2 is 1.86 bits per heavy atom. The van der Waals surface area contributed by atoms with E-state index in [1.54, 1.807) is 12.1 Å². The van der Waals surface area contributed by atoms with E-state index in [1.807, 2.05) is 19.9 Å². The molecule has 0 saturated heterocycles. The highest BCUT2D eigenvalue weighted by atomic mass is 32.2. The first-order valence-corrected chi connectivity index (χ1v) is 11.3. The van der Waals surface area contributed by atoms with Gasteiger partial charge in [0.2, 0.25) is 10.0 Å². The number of nitrogens with one attached hydrogen (secondary N) is 1. The van der Waals surface area contributed by atoms with E-state index in [0.717, 1.165) is 25.0 Å². The Kier molecular flexibility index (Phi) is 6.80. The number of aromatic nitrogens is 1. The highest BCUT2D eigenvalue weighted by Crippen LogP contribution is 2.30. The van der Waals surface area contributed by atoms with Gasteiger partial charge in [-0.15, -0.1) is 0 Å². The summed E-state index contributed by atoms with van der Waals surface area (Å²) >= 11 is 0. The van der Waals surface area contributed by atoms with Gasteiger partial charge in [0.15, 0.2) is 0 Å². The molecule has 0 aliphatic heterocycles. The van der Waals surface area contributed by atoms with E-state index in [1.165, 1.54) is 22.5 Å². The molecule has 1 N–H and O–H groups in total. The summed E-state index contributed by atoms with van der Waals surface area (Å²) in [4.78, 5) is 4.46. The van der Waals surface area contributed by atoms with Crippen molar-refractivity contribution in [3.05, 3.63) is 54.2 Å². The predicted octanol–water partition coefficient (Wildman–Crippen LogP) is 4.24. The number of hydrazone groups is 1. The van der Waals surface area contributed by atoms with Crippen molar-refractivity contribution in [2.75, 3.05) is 18.5 Å². The van der Waals surface area contributed by atoms with E-state index in [9.17, 15) is 8.42 Å². The van der Waals surface area contributed by atoms with E-state index in [4.69, 9.17) is 0 Å². The van der Waals surface area contributed by atoms with Crippen LogP contribution in [0, 0.1) is 0 Å². The number of anilines is 1. The second-order valence-electron chi connectivity index (χ2n) is 6.89. The molecule has 1 heterocycles. The Morgan fingerprint density at radius 1 is 1.11 bits per heavy atom. The molecule has 2 aromatic rings. The maximum atomic E-state index is 12.5. The van der Waals surface area contributed by atoms with Crippen molar-refractivity contribution in [3.63, 3.8) is 0 Å². The molecule has 150 valence electrons. The molecule has 0 unspecified atom stereocenters. The fourth-order valence-electron chi connectivity index (χ4n) is 3.61. The maximum absolute atomic E-state index is 12.5. The van der Waals surface area contributed by atoms with Crippen molar-refractivity contribution in [1.29, 1.82) is 0 Å². The SMILES string of the molecule is CCN(CC)S(=O)(=O)c1ccc(NN=C2CCCC[C@H]2c2ccccc2)nc1. The first kappa shape index (κ1) is 20.5. The third-order valence-electron chi connectivity index (χ3n) is 5.17. The van der Waals surface area contributed by atoms with Crippen LogP contribution < -0.4 is 5.43 Å². The van der Waals surface area contributed by atoms with Crippen molar-refractivity contribution in [3.8, 4) is 0 Å². The summed E-state index contributed by atoms with van der Waals surface area (Å²) in [6, 6.07) is 13.7. The molecule has 1 saturated carbocycles. The summed E-state index contributed by atoms with van der Waals surface area (Å²) in [5, 5.41) is 4.61. The number of nitrogens with zero attached hydrogens (tertiary/aromatic N) is 3. The summed E-state index contributed by atoms with van der Waals surface area (Å²) in [7, 11) is -3.49. The van der Waals surface area contributed by atoms with Gasteiger partial charge in [-0.3, -0.25) is 5.43 Å². The summed E-state index contributed by atoms with van der Waals surface area (Å²) in [6.45, 7) is 4.53. The number of hydrogen-bond acceptors (Lipinski definition) is 5.